The van der Waals surface area contributed by atoms with E-state index in [9.17, 15) is 13.2 Å². The Balaban J connectivity index is 2.59. The third-order valence-corrected chi connectivity index (χ3v) is 2.67. The van der Waals surface area contributed by atoms with Gasteiger partial charge in [-0.15, -0.1) is 0 Å². The van der Waals surface area contributed by atoms with Gasteiger partial charge in [0.25, 0.3) is 0 Å². The molecular formula is C10H8F3NS. The second-order valence-corrected chi connectivity index (χ2v) is 3.62. The number of thiocarbonyl (C=S) groups is 1. The lowest BCUT2D eigenvalue weighted by atomic mass is 10.0. The van der Waals surface area contributed by atoms with Crippen molar-refractivity contribution in [3.63, 3.8) is 0 Å². The van der Waals surface area contributed by atoms with Crippen LogP contribution in [0.3, 0.4) is 0 Å². The number of hydrogen-bond acceptors (Lipinski definition) is 2. The van der Waals surface area contributed by atoms with Gasteiger partial charge in [0.05, 0.1) is 5.56 Å². The highest BCUT2D eigenvalue weighted by Crippen LogP contribution is 2.36. The molecule has 2 rings (SSSR count). The topological polar surface area (TPSA) is 12.0 Å². The average Bonchev–Trinajstić information content (AvgIpc) is 2.60. The van der Waals surface area contributed by atoms with Crippen LogP contribution in [0.4, 0.5) is 18.9 Å². The molecule has 1 heterocycles. The van der Waals surface area contributed by atoms with Gasteiger partial charge in [0.1, 0.15) is 0 Å². The van der Waals surface area contributed by atoms with Crippen molar-refractivity contribution in [1.82, 2.24) is 0 Å². The van der Waals surface area contributed by atoms with Gasteiger partial charge >= 0.3 is 6.18 Å². The monoisotopic (exact) mass is 231 g/mol. The molecule has 0 fully saturated rings. The minimum Gasteiger partial charge on any atom is -0.384 e. The third-order valence-electron chi connectivity index (χ3n) is 2.42. The van der Waals surface area contributed by atoms with Gasteiger partial charge in [0.2, 0.25) is 0 Å². The summed E-state index contributed by atoms with van der Waals surface area (Å²) >= 11 is 4.60. The van der Waals surface area contributed by atoms with Crippen molar-refractivity contribution >= 4 is 23.3 Å². The Kier molecular flexibility index (Phi) is 2.42. The number of alkyl halides is 3. The Bertz CT molecular complexity index is 412. The van der Waals surface area contributed by atoms with Crippen LogP contribution in [0.2, 0.25) is 0 Å². The minimum atomic E-state index is -4.34. The second kappa shape index (κ2) is 3.48. The summed E-state index contributed by atoms with van der Waals surface area (Å²) in [4.78, 5) is 0. The normalized spacial score (nSPS) is 14.6. The number of hydrogen-bond donors (Lipinski definition) is 1. The van der Waals surface area contributed by atoms with Crippen molar-refractivity contribution in [3.05, 3.63) is 28.8 Å². The molecule has 1 aromatic carbocycles. The van der Waals surface area contributed by atoms with Crippen molar-refractivity contribution in [2.45, 2.75) is 12.6 Å². The van der Waals surface area contributed by atoms with Gasteiger partial charge < -0.3 is 5.32 Å². The van der Waals surface area contributed by atoms with Crippen LogP contribution >= 0.6 is 12.2 Å². The smallest absolute Gasteiger partial charge is 0.384 e. The van der Waals surface area contributed by atoms with Gasteiger partial charge in [-0.2, -0.15) is 13.2 Å². The molecule has 0 spiro atoms. The number of fused-ring (bicyclic) bond motifs is 1. The lowest BCUT2D eigenvalue weighted by molar-refractivity contribution is -0.137. The van der Waals surface area contributed by atoms with Crippen molar-refractivity contribution in [1.29, 1.82) is 0 Å². The maximum Gasteiger partial charge on any atom is 0.417 e. The van der Waals surface area contributed by atoms with Crippen molar-refractivity contribution < 1.29 is 13.2 Å². The highest BCUT2D eigenvalue weighted by Gasteiger charge is 2.34. The summed E-state index contributed by atoms with van der Waals surface area (Å²) < 4.78 is 37.8. The molecule has 0 saturated carbocycles. The van der Waals surface area contributed by atoms with Crippen LogP contribution in [0.5, 0.6) is 0 Å². The van der Waals surface area contributed by atoms with Gasteiger partial charge in [-0.1, -0.05) is 12.2 Å². The standard InChI is InChI=1S/C10H8F3NS/c11-10(12,13)8-4-9-6(1-2-14-9)3-7(8)5-15/h3-5,14H,1-2H2. The van der Waals surface area contributed by atoms with Gasteiger partial charge in [-0.3, -0.25) is 0 Å². The lowest BCUT2D eigenvalue weighted by Gasteiger charge is -2.12. The zero-order chi connectivity index (χ0) is 11.1. The van der Waals surface area contributed by atoms with Crippen LogP contribution in [0, 0.1) is 0 Å². The maximum absolute atomic E-state index is 12.6. The lowest BCUT2D eigenvalue weighted by Crippen LogP contribution is -2.09. The van der Waals surface area contributed by atoms with Gasteiger partial charge in [-0.05, 0) is 29.7 Å². The van der Waals surface area contributed by atoms with Crippen LogP contribution in [0.25, 0.3) is 0 Å². The first-order valence-electron chi connectivity index (χ1n) is 4.45. The van der Waals surface area contributed by atoms with Crippen LogP contribution in [-0.4, -0.2) is 11.9 Å². The summed E-state index contributed by atoms with van der Waals surface area (Å²) in [6, 6.07) is 2.66. The highest BCUT2D eigenvalue weighted by atomic mass is 32.1. The molecule has 0 radical (unpaired) electrons. The molecule has 1 N–H and O–H groups in total. The molecule has 0 saturated heterocycles. The Morgan fingerprint density at radius 1 is 1.33 bits per heavy atom. The summed E-state index contributed by atoms with van der Waals surface area (Å²) in [5.41, 5.74) is 0.896. The van der Waals surface area contributed by atoms with Crippen molar-refractivity contribution in [2.75, 3.05) is 11.9 Å². The first-order chi connectivity index (χ1) is 7.02. The largest absolute Gasteiger partial charge is 0.417 e. The first kappa shape index (κ1) is 10.4. The summed E-state index contributed by atoms with van der Waals surface area (Å²) in [7, 11) is 0. The number of rotatable bonds is 1. The highest BCUT2D eigenvalue weighted by molar-refractivity contribution is 7.79. The van der Waals surface area contributed by atoms with E-state index in [2.05, 4.69) is 17.5 Å². The predicted octanol–water partition coefficient (Wildman–Crippen LogP) is 3.02. The average molecular weight is 231 g/mol. The fourth-order valence-corrected chi connectivity index (χ4v) is 1.90. The molecule has 1 aromatic rings. The van der Waals surface area contributed by atoms with E-state index in [-0.39, 0.29) is 5.56 Å². The Labute approximate surface area is 90.3 Å². The van der Waals surface area contributed by atoms with Crippen LogP contribution in [0.1, 0.15) is 16.7 Å². The molecule has 0 aliphatic carbocycles. The molecule has 5 heteroatoms. The quantitative estimate of drug-likeness (QED) is 0.745. The summed E-state index contributed by atoms with van der Waals surface area (Å²) in [6.45, 7) is 0.688. The molecule has 1 nitrogen and oxygen atoms in total. The van der Waals surface area contributed by atoms with E-state index in [4.69, 9.17) is 0 Å². The van der Waals surface area contributed by atoms with Gasteiger partial charge in [-0.25, -0.2) is 0 Å². The number of halogens is 3. The summed E-state index contributed by atoms with van der Waals surface area (Å²) in [6.07, 6.45) is -3.59. The Morgan fingerprint density at radius 3 is 2.67 bits per heavy atom. The fraction of sp³-hybridized carbons (Fsp3) is 0.300. The Hall–Kier alpha value is -1.10. The predicted molar refractivity (Wildman–Crippen MR) is 56.4 cm³/mol. The van der Waals surface area contributed by atoms with E-state index in [0.29, 0.717) is 12.2 Å². The first-order valence-corrected chi connectivity index (χ1v) is 4.92. The number of nitrogens with one attached hydrogen (secondary N) is 1. The molecule has 0 aromatic heterocycles. The molecule has 1 aliphatic heterocycles. The van der Waals surface area contributed by atoms with Crippen molar-refractivity contribution in [2.24, 2.45) is 0 Å². The molecule has 0 unspecified atom stereocenters. The summed E-state index contributed by atoms with van der Waals surface area (Å²) in [5, 5.41) is 4.00. The van der Waals surface area contributed by atoms with E-state index in [1.165, 1.54) is 6.07 Å². The van der Waals surface area contributed by atoms with E-state index in [0.717, 1.165) is 23.4 Å². The van der Waals surface area contributed by atoms with Crippen LogP contribution < -0.4 is 5.32 Å². The van der Waals surface area contributed by atoms with E-state index >= 15 is 0 Å². The number of benzene rings is 1. The van der Waals surface area contributed by atoms with Crippen molar-refractivity contribution in [3.8, 4) is 0 Å². The van der Waals surface area contributed by atoms with Gasteiger partial charge in [0.15, 0.2) is 0 Å². The fourth-order valence-electron chi connectivity index (χ4n) is 1.71. The molecule has 1 aliphatic rings. The molecule has 0 amide bonds. The molecule has 80 valence electrons. The third kappa shape index (κ3) is 1.84. The SMILES string of the molecule is FC(F)(F)c1cc2c(cc1C=S)CCN2. The zero-order valence-electron chi connectivity index (χ0n) is 7.69. The Morgan fingerprint density at radius 2 is 2.07 bits per heavy atom. The minimum absolute atomic E-state index is 0.0833. The summed E-state index contributed by atoms with van der Waals surface area (Å²) in [5.74, 6) is 0. The van der Waals surface area contributed by atoms with E-state index in [1.807, 2.05) is 0 Å². The molecule has 0 bridgehead atoms. The van der Waals surface area contributed by atoms with E-state index < -0.39 is 11.7 Å². The van der Waals surface area contributed by atoms with Crippen LogP contribution in [-0.2, 0) is 12.6 Å². The zero-order valence-corrected chi connectivity index (χ0v) is 8.50. The number of anilines is 1. The van der Waals surface area contributed by atoms with E-state index in [1.54, 1.807) is 0 Å². The molecule has 0 atom stereocenters. The molecular weight excluding hydrogens is 223 g/mol. The maximum atomic E-state index is 12.6. The molecule has 15 heavy (non-hydrogen) atoms. The van der Waals surface area contributed by atoms with Gasteiger partial charge in [0, 0.05) is 17.6 Å². The van der Waals surface area contributed by atoms with Crippen LogP contribution in [0.15, 0.2) is 12.1 Å². The second-order valence-electron chi connectivity index (χ2n) is 3.39.